The normalized spacial score (nSPS) is 9.09. The van der Waals surface area contributed by atoms with Crippen molar-refractivity contribution in [3.8, 4) is 0 Å². The van der Waals surface area contributed by atoms with Crippen molar-refractivity contribution in [1.82, 2.24) is 4.98 Å². The van der Waals surface area contributed by atoms with Gasteiger partial charge in [0.05, 0.1) is 5.56 Å². The van der Waals surface area contributed by atoms with Crippen LogP contribution in [0.25, 0.3) is 6.08 Å². The van der Waals surface area contributed by atoms with Crippen LogP contribution in [-0.4, -0.2) is 16.1 Å². The molecule has 0 aliphatic carbocycles. The fraction of sp³-hybridized carbons (Fsp3) is 0. The summed E-state index contributed by atoms with van der Waals surface area (Å²) in [6.07, 6.45) is 4.41. The van der Waals surface area contributed by atoms with Crippen molar-refractivity contribution in [1.29, 1.82) is 0 Å². The van der Waals surface area contributed by atoms with Crippen molar-refractivity contribution in [2.45, 2.75) is 0 Å². The third-order valence-corrected chi connectivity index (χ3v) is 1.24. The second-order valence-corrected chi connectivity index (χ2v) is 2.02. The lowest BCUT2D eigenvalue weighted by molar-refractivity contribution is 0.0696. The monoisotopic (exact) mass is 149 g/mol. The van der Waals surface area contributed by atoms with Crippen LogP contribution in [0, 0.1) is 0 Å². The summed E-state index contributed by atoms with van der Waals surface area (Å²) in [5, 5.41) is 8.53. The van der Waals surface area contributed by atoms with E-state index in [0.29, 0.717) is 5.56 Å². The number of nitrogens with zero attached hydrogens (tertiary/aromatic N) is 1. The van der Waals surface area contributed by atoms with Gasteiger partial charge in [0.1, 0.15) is 0 Å². The molecular formula is C8H7NO2. The molecule has 1 rings (SSSR count). The molecule has 11 heavy (non-hydrogen) atoms. The Morgan fingerprint density at radius 2 is 2.36 bits per heavy atom. The number of carboxylic acids is 1. The molecule has 0 atom stereocenters. The summed E-state index contributed by atoms with van der Waals surface area (Å²) in [4.78, 5) is 14.1. The zero-order valence-corrected chi connectivity index (χ0v) is 5.82. The molecule has 0 saturated carbocycles. The molecule has 0 aromatic carbocycles. The Balaban J connectivity index is 3.10. The van der Waals surface area contributed by atoms with E-state index in [4.69, 9.17) is 5.11 Å². The first-order valence-electron chi connectivity index (χ1n) is 3.05. The highest BCUT2D eigenvalue weighted by Crippen LogP contribution is 2.02. The van der Waals surface area contributed by atoms with Crippen LogP contribution < -0.4 is 0 Å². The molecule has 0 amide bonds. The first kappa shape index (κ1) is 7.47. The summed E-state index contributed by atoms with van der Waals surface area (Å²) in [7, 11) is 0. The van der Waals surface area contributed by atoms with E-state index in [0.717, 1.165) is 0 Å². The Morgan fingerprint density at radius 1 is 1.64 bits per heavy atom. The van der Waals surface area contributed by atoms with Crippen LogP contribution in [0.5, 0.6) is 0 Å². The van der Waals surface area contributed by atoms with Gasteiger partial charge in [0.25, 0.3) is 0 Å². The van der Waals surface area contributed by atoms with Crippen molar-refractivity contribution in [2.24, 2.45) is 0 Å². The molecule has 0 aliphatic heterocycles. The Hall–Kier alpha value is -1.64. The summed E-state index contributed by atoms with van der Waals surface area (Å²) in [6, 6.07) is 1.52. The Kier molecular flexibility index (Phi) is 2.01. The quantitative estimate of drug-likeness (QED) is 0.691. The van der Waals surface area contributed by atoms with Crippen LogP contribution in [0.3, 0.4) is 0 Å². The molecular weight excluding hydrogens is 142 g/mol. The van der Waals surface area contributed by atoms with Crippen LogP contribution in [0.4, 0.5) is 0 Å². The summed E-state index contributed by atoms with van der Waals surface area (Å²) in [5.74, 6) is -0.971. The van der Waals surface area contributed by atoms with Crippen molar-refractivity contribution in [2.75, 3.05) is 0 Å². The topological polar surface area (TPSA) is 50.2 Å². The molecule has 0 spiro atoms. The predicted molar refractivity (Wildman–Crippen MR) is 41.3 cm³/mol. The van der Waals surface area contributed by atoms with E-state index in [9.17, 15) is 4.79 Å². The van der Waals surface area contributed by atoms with E-state index in [2.05, 4.69) is 11.6 Å². The number of aromatic nitrogens is 1. The molecule has 1 N–H and O–H groups in total. The standard InChI is InChI=1S/C8H7NO2/c1-2-6-3-7(8(10)11)5-9-4-6/h2-5H,1H2,(H,10,11). The Bertz CT molecular complexity index is 294. The summed E-state index contributed by atoms with van der Waals surface area (Å²) in [5.41, 5.74) is 0.896. The van der Waals surface area contributed by atoms with Gasteiger partial charge in [0.15, 0.2) is 0 Å². The molecule has 0 unspecified atom stereocenters. The summed E-state index contributed by atoms with van der Waals surface area (Å²) < 4.78 is 0. The molecule has 0 fully saturated rings. The van der Waals surface area contributed by atoms with Gasteiger partial charge in [-0.15, -0.1) is 0 Å². The molecule has 1 aromatic rings. The zero-order chi connectivity index (χ0) is 8.27. The van der Waals surface area contributed by atoms with Gasteiger partial charge in [0, 0.05) is 12.4 Å². The van der Waals surface area contributed by atoms with Crippen molar-refractivity contribution < 1.29 is 9.90 Å². The molecule has 0 radical (unpaired) electrons. The average Bonchev–Trinajstić information content (AvgIpc) is 2.05. The maximum absolute atomic E-state index is 10.4. The van der Waals surface area contributed by atoms with Gasteiger partial charge in [-0.1, -0.05) is 12.7 Å². The van der Waals surface area contributed by atoms with E-state index in [1.807, 2.05) is 0 Å². The third-order valence-electron chi connectivity index (χ3n) is 1.24. The smallest absolute Gasteiger partial charge is 0.337 e. The zero-order valence-electron chi connectivity index (χ0n) is 5.82. The van der Waals surface area contributed by atoms with Crippen LogP contribution in [-0.2, 0) is 0 Å². The number of hydrogen-bond acceptors (Lipinski definition) is 2. The second kappa shape index (κ2) is 2.96. The van der Waals surface area contributed by atoms with Crippen LogP contribution in [0.1, 0.15) is 15.9 Å². The van der Waals surface area contributed by atoms with E-state index in [1.54, 1.807) is 12.3 Å². The number of hydrogen-bond donors (Lipinski definition) is 1. The van der Waals surface area contributed by atoms with Gasteiger partial charge in [-0.25, -0.2) is 4.79 Å². The van der Waals surface area contributed by atoms with Crippen LogP contribution in [0.2, 0.25) is 0 Å². The molecule has 1 heterocycles. The Labute approximate surface area is 64.0 Å². The molecule has 0 aliphatic rings. The minimum atomic E-state index is -0.971. The lowest BCUT2D eigenvalue weighted by atomic mass is 10.2. The maximum Gasteiger partial charge on any atom is 0.337 e. The van der Waals surface area contributed by atoms with Gasteiger partial charge >= 0.3 is 5.97 Å². The number of carbonyl (C=O) groups is 1. The van der Waals surface area contributed by atoms with E-state index in [-0.39, 0.29) is 5.56 Å². The number of rotatable bonds is 2. The lowest BCUT2D eigenvalue weighted by Crippen LogP contribution is -1.96. The highest BCUT2D eigenvalue weighted by molar-refractivity contribution is 5.87. The molecule has 3 heteroatoms. The summed E-state index contributed by atoms with van der Waals surface area (Å²) in [6.45, 7) is 3.50. The minimum absolute atomic E-state index is 0.183. The van der Waals surface area contributed by atoms with Crippen LogP contribution in [0.15, 0.2) is 25.0 Å². The molecule has 3 nitrogen and oxygen atoms in total. The fourth-order valence-electron chi connectivity index (χ4n) is 0.686. The molecule has 56 valence electrons. The largest absolute Gasteiger partial charge is 0.478 e. The van der Waals surface area contributed by atoms with Crippen molar-refractivity contribution >= 4 is 12.0 Å². The van der Waals surface area contributed by atoms with Crippen molar-refractivity contribution in [3.63, 3.8) is 0 Å². The number of aromatic carboxylic acids is 1. The lowest BCUT2D eigenvalue weighted by Gasteiger charge is -1.93. The number of carboxylic acid groups (broad SMARTS) is 1. The summed E-state index contributed by atoms with van der Waals surface area (Å²) >= 11 is 0. The van der Waals surface area contributed by atoms with Gasteiger partial charge in [-0.2, -0.15) is 0 Å². The molecule has 0 bridgehead atoms. The Morgan fingerprint density at radius 3 is 2.91 bits per heavy atom. The van der Waals surface area contributed by atoms with E-state index in [1.165, 1.54) is 12.3 Å². The molecule has 0 saturated heterocycles. The van der Waals surface area contributed by atoms with E-state index < -0.39 is 5.97 Å². The average molecular weight is 149 g/mol. The van der Waals surface area contributed by atoms with Gasteiger partial charge in [-0.05, 0) is 11.6 Å². The SMILES string of the molecule is C=Cc1cncc(C(=O)O)c1. The molecule has 1 aromatic heterocycles. The first-order valence-corrected chi connectivity index (χ1v) is 3.05. The highest BCUT2D eigenvalue weighted by atomic mass is 16.4. The second-order valence-electron chi connectivity index (χ2n) is 2.02. The maximum atomic E-state index is 10.4. The number of pyridine rings is 1. The third kappa shape index (κ3) is 1.64. The fourth-order valence-corrected chi connectivity index (χ4v) is 0.686. The van der Waals surface area contributed by atoms with Gasteiger partial charge < -0.3 is 5.11 Å². The minimum Gasteiger partial charge on any atom is -0.478 e. The van der Waals surface area contributed by atoms with Crippen molar-refractivity contribution in [3.05, 3.63) is 36.2 Å². The highest BCUT2D eigenvalue weighted by Gasteiger charge is 2.01. The van der Waals surface area contributed by atoms with Gasteiger partial charge in [0.2, 0.25) is 0 Å². The first-order chi connectivity index (χ1) is 5.24. The van der Waals surface area contributed by atoms with E-state index >= 15 is 0 Å². The van der Waals surface area contributed by atoms with Crippen LogP contribution >= 0.6 is 0 Å². The van der Waals surface area contributed by atoms with Gasteiger partial charge in [-0.3, -0.25) is 4.98 Å². The predicted octanol–water partition coefficient (Wildman–Crippen LogP) is 1.42.